The quantitative estimate of drug-likeness (QED) is 0.457. The Morgan fingerprint density at radius 1 is 1.12 bits per heavy atom. The number of carbonyl (C=O) groups excluding carboxylic acids is 1. The summed E-state index contributed by atoms with van der Waals surface area (Å²) in [5, 5.41) is 7.82. The molecule has 41 heavy (non-hydrogen) atoms. The molecule has 1 unspecified atom stereocenters. The number of carbonyl (C=O) groups is 1. The first kappa shape index (κ1) is 27.5. The SMILES string of the molecule is CC1(CCOc2ccn(-c3ccc4c(n3)N3CC(CCCNc5ccc(cn5)S(=O)(=O)NC4=O)CC3(C)C)n2)CC1. The third-order valence-corrected chi connectivity index (χ3v) is 9.86. The average molecular weight is 580 g/mol. The van der Waals surface area contributed by atoms with Crippen LogP contribution in [0, 0.1) is 11.3 Å². The van der Waals surface area contributed by atoms with Crippen LogP contribution in [0.15, 0.2) is 47.6 Å². The van der Waals surface area contributed by atoms with E-state index in [1.807, 2.05) is 0 Å². The molecule has 1 saturated heterocycles. The van der Waals surface area contributed by atoms with Crippen molar-refractivity contribution in [3.63, 3.8) is 0 Å². The number of ether oxygens (including phenoxy) is 1. The van der Waals surface area contributed by atoms with Gasteiger partial charge in [-0.25, -0.2) is 27.8 Å². The number of hydrogen-bond donors (Lipinski definition) is 2. The predicted octanol–water partition coefficient (Wildman–Crippen LogP) is 4.16. The number of hydrogen-bond acceptors (Lipinski definition) is 9. The normalized spacial score (nSPS) is 22.5. The minimum atomic E-state index is -4.15. The van der Waals surface area contributed by atoms with Crippen LogP contribution >= 0.6 is 0 Å². The summed E-state index contributed by atoms with van der Waals surface area (Å²) in [6.07, 6.45) is 9.38. The Kier molecular flexibility index (Phi) is 6.91. The van der Waals surface area contributed by atoms with E-state index in [0.29, 0.717) is 47.8 Å². The summed E-state index contributed by atoms with van der Waals surface area (Å²) in [5.41, 5.74) is 0.290. The van der Waals surface area contributed by atoms with Gasteiger partial charge in [-0.1, -0.05) is 6.92 Å². The Labute approximate surface area is 240 Å². The van der Waals surface area contributed by atoms with E-state index in [-0.39, 0.29) is 16.0 Å². The topological polar surface area (TPSA) is 131 Å². The van der Waals surface area contributed by atoms with E-state index < -0.39 is 15.9 Å². The van der Waals surface area contributed by atoms with Gasteiger partial charge in [0, 0.05) is 37.1 Å². The fourth-order valence-corrected chi connectivity index (χ4v) is 6.68. The van der Waals surface area contributed by atoms with E-state index in [9.17, 15) is 13.2 Å². The van der Waals surface area contributed by atoms with Crippen molar-refractivity contribution in [3.8, 4) is 11.7 Å². The van der Waals surface area contributed by atoms with Crippen molar-refractivity contribution >= 4 is 27.6 Å². The molecule has 3 aromatic heterocycles. The maximum Gasteiger partial charge on any atom is 0.268 e. The van der Waals surface area contributed by atoms with Gasteiger partial charge in [0.25, 0.3) is 15.9 Å². The van der Waals surface area contributed by atoms with Gasteiger partial charge in [0.1, 0.15) is 16.5 Å². The molecule has 0 aromatic carbocycles. The molecule has 4 bridgehead atoms. The summed E-state index contributed by atoms with van der Waals surface area (Å²) < 4.78 is 35.9. The van der Waals surface area contributed by atoms with Crippen molar-refractivity contribution < 1.29 is 17.9 Å². The second-order valence-electron chi connectivity index (χ2n) is 12.4. The molecule has 2 fully saturated rings. The van der Waals surface area contributed by atoms with Crippen molar-refractivity contribution in [2.75, 3.05) is 29.9 Å². The zero-order valence-electron chi connectivity index (χ0n) is 23.8. The third-order valence-electron chi connectivity index (χ3n) is 8.55. The number of aromatic nitrogens is 4. The molecule has 1 aliphatic carbocycles. The van der Waals surface area contributed by atoms with Gasteiger partial charge < -0.3 is 15.0 Å². The first-order valence-electron chi connectivity index (χ1n) is 14.3. The van der Waals surface area contributed by atoms with Crippen LogP contribution < -0.4 is 19.7 Å². The molecule has 3 aliphatic heterocycles. The Morgan fingerprint density at radius 2 is 1.95 bits per heavy atom. The summed E-state index contributed by atoms with van der Waals surface area (Å²) in [4.78, 5) is 24.7. The highest BCUT2D eigenvalue weighted by Gasteiger charge is 2.41. The molecule has 7 rings (SSSR count). The van der Waals surface area contributed by atoms with Crippen molar-refractivity contribution in [3.05, 3.63) is 48.3 Å². The minimum Gasteiger partial charge on any atom is -0.477 e. The lowest BCUT2D eigenvalue weighted by Crippen LogP contribution is -2.41. The number of pyridine rings is 2. The number of amides is 1. The lowest BCUT2D eigenvalue weighted by Gasteiger charge is -2.34. The second-order valence-corrected chi connectivity index (χ2v) is 14.1. The first-order chi connectivity index (χ1) is 19.5. The largest absolute Gasteiger partial charge is 0.477 e. The third kappa shape index (κ3) is 5.88. The summed E-state index contributed by atoms with van der Waals surface area (Å²) in [6, 6.07) is 8.15. The Hall–Kier alpha value is -3.67. The Bertz CT molecular complexity index is 1550. The molecule has 218 valence electrons. The maximum atomic E-state index is 13.5. The van der Waals surface area contributed by atoms with Gasteiger partial charge in [-0.15, -0.1) is 5.10 Å². The maximum absolute atomic E-state index is 13.5. The van der Waals surface area contributed by atoms with Gasteiger partial charge in [0.2, 0.25) is 5.88 Å². The van der Waals surface area contributed by atoms with Crippen molar-refractivity contribution in [1.29, 1.82) is 0 Å². The Morgan fingerprint density at radius 3 is 2.71 bits per heavy atom. The van der Waals surface area contributed by atoms with E-state index in [0.717, 1.165) is 32.2 Å². The smallest absolute Gasteiger partial charge is 0.268 e. The molecular formula is C29H37N7O4S. The van der Waals surface area contributed by atoms with Crippen LogP contribution in [0.1, 0.15) is 69.7 Å². The highest BCUT2D eigenvalue weighted by Crippen LogP contribution is 2.48. The van der Waals surface area contributed by atoms with E-state index in [1.165, 1.54) is 25.1 Å². The van der Waals surface area contributed by atoms with Crippen molar-refractivity contribution in [2.24, 2.45) is 11.3 Å². The van der Waals surface area contributed by atoms with Crippen LogP contribution in [0.25, 0.3) is 5.82 Å². The van der Waals surface area contributed by atoms with Crippen LogP contribution in [0.2, 0.25) is 0 Å². The summed E-state index contributed by atoms with van der Waals surface area (Å²) in [7, 11) is -4.15. The van der Waals surface area contributed by atoms with Crippen molar-refractivity contribution in [2.45, 2.75) is 69.7 Å². The molecule has 0 spiro atoms. The second kappa shape index (κ2) is 10.3. The molecule has 6 heterocycles. The lowest BCUT2D eigenvalue weighted by molar-refractivity contribution is 0.0981. The highest BCUT2D eigenvalue weighted by molar-refractivity contribution is 7.90. The van der Waals surface area contributed by atoms with E-state index >= 15 is 0 Å². The van der Waals surface area contributed by atoms with Crippen molar-refractivity contribution in [1.82, 2.24) is 24.5 Å². The molecule has 1 saturated carbocycles. The zero-order valence-corrected chi connectivity index (χ0v) is 24.6. The van der Waals surface area contributed by atoms with Crippen LogP contribution in [0.3, 0.4) is 0 Å². The number of nitrogens with zero attached hydrogens (tertiary/aromatic N) is 5. The molecular weight excluding hydrogens is 542 g/mol. The molecule has 2 N–H and O–H groups in total. The molecule has 12 heteroatoms. The molecule has 1 amide bonds. The van der Waals surface area contributed by atoms with E-state index in [1.54, 1.807) is 35.1 Å². The molecule has 3 aromatic rings. The van der Waals surface area contributed by atoms with Gasteiger partial charge in [0.15, 0.2) is 5.82 Å². The van der Waals surface area contributed by atoms with E-state index in [2.05, 4.69) is 45.8 Å². The molecule has 4 aliphatic rings. The van der Waals surface area contributed by atoms with Crippen LogP contribution in [0.5, 0.6) is 5.88 Å². The summed E-state index contributed by atoms with van der Waals surface area (Å²) in [6.45, 7) is 8.58. The van der Waals surface area contributed by atoms with Crippen LogP contribution in [-0.4, -0.2) is 59.3 Å². The fraction of sp³-hybridized carbons (Fsp3) is 0.517. The van der Waals surface area contributed by atoms with Gasteiger partial charge in [-0.05, 0) is 88.0 Å². The standard InChI is InChI=1S/C29H37N7O4S/c1-28(2)17-20-5-4-14-30-23-8-6-21(18-31-23)41(38,39)34-27(37)22-7-9-24(32-26(22)35(28)19-20)36-15-10-25(33-36)40-16-13-29(3)11-12-29/h6-10,15,18,20H,4-5,11-14,16-17,19H2,1-3H3,(H,30,31)(H,34,37). The Balaban J connectivity index is 1.34. The number of fused-ring (bicyclic) bond motifs is 7. The number of sulfonamides is 1. The fourth-order valence-electron chi connectivity index (χ4n) is 5.77. The average Bonchev–Trinajstić information content (AvgIpc) is 3.33. The number of anilines is 2. The van der Waals surface area contributed by atoms with Crippen LogP contribution in [-0.2, 0) is 10.0 Å². The summed E-state index contributed by atoms with van der Waals surface area (Å²) in [5.74, 6) is 1.70. The number of nitrogens with one attached hydrogen (secondary N) is 2. The highest BCUT2D eigenvalue weighted by atomic mass is 32.2. The number of rotatable bonds is 5. The van der Waals surface area contributed by atoms with Gasteiger partial charge >= 0.3 is 0 Å². The predicted molar refractivity (Wildman–Crippen MR) is 155 cm³/mol. The first-order valence-corrected chi connectivity index (χ1v) is 15.7. The molecule has 11 nitrogen and oxygen atoms in total. The zero-order chi connectivity index (χ0) is 28.8. The summed E-state index contributed by atoms with van der Waals surface area (Å²) >= 11 is 0. The van der Waals surface area contributed by atoms with Gasteiger partial charge in [-0.3, -0.25) is 4.79 Å². The molecule has 0 radical (unpaired) electrons. The lowest BCUT2D eigenvalue weighted by atomic mass is 9.93. The monoisotopic (exact) mass is 579 g/mol. The minimum absolute atomic E-state index is 0.0871. The molecule has 1 atom stereocenters. The van der Waals surface area contributed by atoms with E-state index in [4.69, 9.17) is 9.72 Å². The van der Waals surface area contributed by atoms with Crippen LogP contribution in [0.4, 0.5) is 11.6 Å². The van der Waals surface area contributed by atoms with Gasteiger partial charge in [-0.2, -0.15) is 0 Å². The van der Waals surface area contributed by atoms with Gasteiger partial charge in [0.05, 0.1) is 12.2 Å².